The second-order valence-electron chi connectivity index (χ2n) is 9.45. The monoisotopic (exact) mass is 456 g/mol. The lowest BCUT2D eigenvalue weighted by atomic mass is 9.80. The van der Waals surface area contributed by atoms with Gasteiger partial charge in [0.15, 0.2) is 11.5 Å². The van der Waals surface area contributed by atoms with Gasteiger partial charge in [-0.15, -0.1) is 0 Å². The van der Waals surface area contributed by atoms with E-state index >= 15 is 0 Å². The zero-order valence-electron chi connectivity index (χ0n) is 18.8. The van der Waals surface area contributed by atoms with E-state index in [1.54, 1.807) is 39.8 Å². The van der Waals surface area contributed by atoms with Crippen molar-refractivity contribution in [3.05, 3.63) is 64.1 Å². The molecule has 0 aromatic heterocycles. The summed E-state index contributed by atoms with van der Waals surface area (Å²) in [5.74, 6) is -0.763. The number of halogens is 2. The van der Waals surface area contributed by atoms with Crippen LogP contribution in [0.2, 0.25) is 5.02 Å². The molecule has 4 rings (SSSR count). The van der Waals surface area contributed by atoms with E-state index in [1.807, 2.05) is 18.2 Å². The smallest absolute Gasteiger partial charge is 0.307 e. The highest BCUT2D eigenvalue weighted by molar-refractivity contribution is 6.30. The molecule has 0 N–H and O–H groups in total. The first-order valence-corrected chi connectivity index (χ1v) is 11.1. The van der Waals surface area contributed by atoms with Crippen LogP contribution in [0.3, 0.4) is 0 Å². The lowest BCUT2D eigenvalue weighted by molar-refractivity contribution is -0.165. The molecule has 0 saturated heterocycles. The van der Waals surface area contributed by atoms with E-state index in [2.05, 4.69) is 0 Å². The van der Waals surface area contributed by atoms with Crippen molar-refractivity contribution in [2.45, 2.75) is 64.6 Å². The molecule has 2 aromatic carbocycles. The molecule has 1 fully saturated rings. The van der Waals surface area contributed by atoms with Crippen molar-refractivity contribution in [3.63, 3.8) is 0 Å². The number of hydrogen-bond donors (Lipinski definition) is 0. The minimum atomic E-state index is -1.12. The Balaban J connectivity index is 2.00. The molecular formula is C26H26ClFO4. The summed E-state index contributed by atoms with van der Waals surface area (Å²) >= 11 is 5.93. The molecule has 0 amide bonds. The highest BCUT2D eigenvalue weighted by Crippen LogP contribution is 2.48. The molecule has 1 saturated carbocycles. The van der Waals surface area contributed by atoms with Gasteiger partial charge in [-0.3, -0.25) is 9.59 Å². The number of carbonyl (C=O) groups excluding carboxylic acids is 2. The van der Waals surface area contributed by atoms with Crippen molar-refractivity contribution in [1.29, 1.82) is 0 Å². The fraction of sp³-hybridized carbons (Fsp3) is 0.385. The molecule has 168 valence electrons. The summed E-state index contributed by atoms with van der Waals surface area (Å²) in [5.41, 5.74) is 0.828. The summed E-state index contributed by atoms with van der Waals surface area (Å²) < 4.78 is 26.3. The topological polar surface area (TPSA) is 52.6 Å². The van der Waals surface area contributed by atoms with Gasteiger partial charge in [-0.25, -0.2) is 4.39 Å². The molecule has 1 heterocycles. The lowest BCUT2D eigenvalue weighted by Crippen LogP contribution is -2.50. The third-order valence-electron chi connectivity index (χ3n) is 5.89. The van der Waals surface area contributed by atoms with Crippen molar-refractivity contribution < 1.29 is 23.5 Å². The van der Waals surface area contributed by atoms with Crippen LogP contribution in [0.5, 0.6) is 0 Å². The van der Waals surface area contributed by atoms with E-state index in [0.29, 0.717) is 33.2 Å². The van der Waals surface area contributed by atoms with Gasteiger partial charge in [0.05, 0.1) is 5.57 Å². The van der Waals surface area contributed by atoms with Crippen molar-refractivity contribution in [2.24, 2.45) is 0 Å². The number of esters is 1. The van der Waals surface area contributed by atoms with Gasteiger partial charge in [-0.2, -0.15) is 0 Å². The first-order valence-electron chi connectivity index (χ1n) is 10.7. The third-order valence-corrected chi connectivity index (χ3v) is 6.12. The number of Topliss-reactive ketones (excluding diaryl/α,β-unsaturated/α-hetero) is 1. The molecule has 4 nitrogen and oxygen atoms in total. The summed E-state index contributed by atoms with van der Waals surface area (Å²) in [6.45, 7) is 8.27. The summed E-state index contributed by atoms with van der Waals surface area (Å²) in [7, 11) is 0. The maximum absolute atomic E-state index is 14.7. The average Bonchev–Trinajstić information content (AvgIpc) is 3.50. The molecule has 2 aliphatic rings. The molecule has 1 aliphatic carbocycles. The van der Waals surface area contributed by atoms with E-state index in [9.17, 15) is 14.0 Å². The second kappa shape index (κ2) is 7.82. The summed E-state index contributed by atoms with van der Waals surface area (Å²) in [6.07, 6.45) is 2.02. The summed E-state index contributed by atoms with van der Waals surface area (Å²) in [5, 5.41) is 0.309. The largest absolute Gasteiger partial charge is 0.427 e. The fourth-order valence-corrected chi connectivity index (χ4v) is 4.57. The zero-order chi connectivity index (χ0) is 23.4. The first kappa shape index (κ1) is 22.7. The van der Waals surface area contributed by atoms with Crippen LogP contribution in [0.1, 0.15) is 64.5 Å². The second-order valence-corrected chi connectivity index (χ2v) is 9.89. The Morgan fingerprint density at radius 2 is 1.75 bits per heavy atom. The zero-order valence-corrected chi connectivity index (χ0v) is 19.6. The number of ketones is 1. The molecule has 6 heteroatoms. The van der Waals surface area contributed by atoms with Gasteiger partial charge in [-0.1, -0.05) is 23.7 Å². The lowest BCUT2D eigenvalue weighted by Gasteiger charge is -2.42. The van der Waals surface area contributed by atoms with Crippen LogP contribution in [0.15, 0.2) is 42.2 Å². The number of ether oxygens (including phenoxy) is 2. The Bertz CT molecular complexity index is 1160. The number of hydrogen-bond acceptors (Lipinski definition) is 4. The van der Waals surface area contributed by atoms with Crippen LogP contribution in [0.25, 0.3) is 16.7 Å². The van der Waals surface area contributed by atoms with Crippen molar-refractivity contribution >= 4 is 28.9 Å². The first-order chi connectivity index (χ1) is 14.9. The van der Waals surface area contributed by atoms with Crippen molar-refractivity contribution in [3.8, 4) is 11.1 Å². The molecule has 0 bridgehead atoms. The normalized spacial score (nSPS) is 19.8. The van der Waals surface area contributed by atoms with Crippen LogP contribution < -0.4 is 0 Å². The van der Waals surface area contributed by atoms with Crippen LogP contribution in [0.4, 0.5) is 4.39 Å². The molecule has 0 atom stereocenters. The van der Waals surface area contributed by atoms with Gasteiger partial charge in [0.2, 0.25) is 0 Å². The van der Waals surface area contributed by atoms with Crippen molar-refractivity contribution in [1.82, 2.24) is 0 Å². The predicted molar refractivity (Wildman–Crippen MR) is 122 cm³/mol. The minimum Gasteiger partial charge on any atom is -0.427 e. The molecule has 0 unspecified atom stereocenters. The Morgan fingerprint density at radius 1 is 1.06 bits per heavy atom. The number of carbonyl (C=O) groups is 2. The average molecular weight is 457 g/mol. The Hall–Kier alpha value is -2.50. The fourth-order valence-electron chi connectivity index (χ4n) is 4.41. The minimum absolute atomic E-state index is 0.185. The Labute approximate surface area is 192 Å². The maximum atomic E-state index is 14.7. The van der Waals surface area contributed by atoms with E-state index in [-0.39, 0.29) is 11.5 Å². The number of rotatable bonds is 4. The highest BCUT2D eigenvalue weighted by Gasteiger charge is 2.49. The van der Waals surface area contributed by atoms with Gasteiger partial charge in [-0.05, 0) is 87.4 Å². The SMILES string of the molecule is CC(=O)OC1=C(c2cc(-c3ccc(Cl)cc3F)ccc2C2CC2)C(=O)C(C)(C)OC1(C)C. The van der Waals surface area contributed by atoms with Gasteiger partial charge in [0.25, 0.3) is 0 Å². The molecule has 1 aliphatic heterocycles. The molecule has 0 spiro atoms. The van der Waals surface area contributed by atoms with Crippen molar-refractivity contribution in [2.75, 3.05) is 0 Å². The van der Waals surface area contributed by atoms with E-state index < -0.39 is 23.0 Å². The molecular weight excluding hydrogens is 431 g/mol. The quantitative estimate of drug-likeness (QED) is 0.496. The number of benzene rings is 2. The predicted octanol–water partition coefficient (Wildman–Crippen LogP) is 6.45. The molecule has 32 heavy (non-hydrogen) atoms. The van der Waals surface area contributed by atoms with E-state index in [1.165, 1.54) is 13.0 Å². The van der Waals surface area contributed by atoms with E-state index in [0.717, 1.165) is 18.4 Å². The van der Waals surface area contributed by atoms with Crippen LogP contribution in [-0.2, 0) is 19.1 Å². The summed E-state index contributed by atoms with van der Waals surface area (Å²) in [6, 6.07) is 10.1. The molecule has 0 radical (unpaired) electrons. The molecule has 2 aromatic rings. The van der Waals surface area contributed by atoms with Gasteiger partial charge in [0.1, 0.15) is 17.0 Å². The Kier molecular flexibility index (Phi) is 5.54. The standard InChI is InChI=1S/C26H26ClFO4/c1-14(29)31-24-22(23(30)25(2,3)32-26(24,4)5)20-12-16(8-10-18(20)15-6-7-15)19-11-9-17(27)13-21(19)28/h8-13,15H,6-7H2,1-5H3. The van der Waals surface area contributed by atoms with Gasteiger partial charge < -0.3 is 9.47 Å². The Morgan fingerprint density at radius 3 is 2.34 bits per heavy atom. The summed E-state index contributed by atoms with van der Waals surface area (Å²) in [4.78, 5) is 25.6. The van der Waals surface area contributed by atoms with Gasteiger partial charge >= 0.3 is 5.97 Å². The maximum Gasteiger partial charge on any atom is 0.307 e. The third kappa shape index (κ3) is 4.12. The van der Waals surface area contributed by atoms with Gasteiger partial charge in [0, 0.05) is 17.5 Å². The van der Waals surface area contributed by atoms with E-state index in [4.69, 9.17) is 21.1 Å². The van der Waals surface area contributed by atoms with Crippen LogP contribution >= 0.6 is 11.6 Å². The van der Waals surface area contributed by atoms with Crippen LogP contribution in [-0.4, -0.2) is 23.0 Å². The highest BCUT2D eigenvalue weighted by atomic mass is 35.5. The van der Waals surface area contributed by atoms with Crippen LogP contribution in [0, 0.1) is 5.82 Å².